The van der Waals surface area contributed by atoms with E-state index in [0.29, 0.717) is 17.7 Å². The van der Waals surface area contributed by atoms with E-state index in [4.69, 9.17) is 4.52 Å². The Bertz CT molecular complexity index is 982. The highest BCUT2D eigenvalue weighted by atomic mass is 16.5. The van der Waals surface area contributed by atoms with Crippen molar-refractivity contribution >= 4 is 11.6 Å². The second kappa shape index (κ2) is 9.70. The van der Waals surface area contributed by atoms with Crippen LogP contribution in [0.1, 0.15) is 60.6 Å². The lowest BCUT2D eigenvalue weighted by atomic mass is 9.78. The third-order valence-corrected chi connectivity index (χ3v) is 7.19. The van der Waals surface area contributed by atoms with Crippen LogP contribution in [0.15, 0.2) is 77.4 Å². The van der Waals surface area contributed by atoms with Crippen LogP contribution in [-0.4, -0.2) is 41.1 Å². The molecule has 3 aromatic rings. The van der Waals surface area contributed by atoms with Crippen molar-refractivity contribution in [3.05, 3.63) is 84.3 Å². The lowest BCUT2D eigenvalue weighted by Gasteiger charge is -2.45. The number of hydrogen-bond donors (Lipinski definition) is 0. The fraction of sp³-hybridized carbons (Fsp3) is 0.407. The summed E-state index contributed by atoms with van der Waals surface area (Å²) in [5, 5.41) is 3.74. The van der Waals surface area contributed by atoms with Gasteiger partial charge in [0.2, 0.25) is 5.76 Å². The van der Waals surface area contributed by atoms with Gasteiger partial charge in [0.15, 0.2) is 0 Å². The van der Waals surface area contributed by atoms with Gasteiger partial charge in [-0.2, -0.15) is 0 Å². The molecule has 0 N–H and O–H groups in total. The van der Waals surface area contributed by atoms with Gasteiger partial charge in [0, 0.05) is 36.9 Å². The molecule has 0 bridgehead atoms. The molecule has 0 radical (unpaired) electrons. The predicted molar refractivity (Wildman–Crippen MR) is 126 cm³/mol. The smallest absolute Gasteiger partial charge is 0.297 e. The van der Waals surface area contributed by atoms with Crippen LogP contribution in [0, 0.1) is 0 Å². The molecule has 2 aliphatic rings. The molecule has 2 heterocycles. The van der Waals surface area contributed by atoms with Crippen LogP contribution in [-0.2, 0) is 0 Å². The molecule has 5 nitrogen and oxygen atoms in total. The summed E-state index contributed by atoms with van der Waals surface area (Å²) >= 11 is 0. The van der Waals surface area contributed by atoms with Crippen molar-refractivity contribution in [2.75, 3.05) is 18.0 Å². The van der Waals surface area contributed by atoms with Gasteiger partial charge >= 0.3 is 0 Å². The van der Waals surface area contributed by atoms with Crippen molar-refractivity contribution in [1.82, 2.24) is 10.1 Å². The van der Waals surface area contributed by atoms with Crippen LogP contribution in [0.2, 0.25) is 0 Å². The number of carbonyl (C=O) groups excluding carboxylic acids is 1. The number of rotatable bonds is 5. The second-order valence-corrected chi connectivity index (χ2v) is 9.02. The van der Waals surface area contributed by atoms with Gasteiger partial charge < -0.3 is 9.42 Å². The summed E-state index contributed by atoms with van der Waals surface area (Å²) in [6.45, 7) is 2.04. The van der Waals surface area contributed by atoms with Gasteiger partial charge in [0.1, 0.15) is 0 Å². The summed E-state index contributed by atoms with van der Waals surface area (Å²) in [5.74, 6) is 0.808. The Morgan fingerprint density at radius 2 is 1.56 bits per heavy atom. The molecule has 166 valence electrons. The van der Waals surface area contributed by atoms with Gasteiger partial charge in [0.25, 0.3) is 5.91 Å². The molecule has 1 saturated carbocycles. The van der Waals surface area contributed by atoms with Gasteiger partial charge in [-0.15, -0.1) is 0 Å². The number of carbonyl (C=O) groups is 1. The molecule has 2 atom stereocenters. The Balaban J connectivity index is 1.32. The van der Waals surface area contributed by atoms with Crippen molar-refractivity contribution in [2.45, 2.75) is 56.5 Å². The average molecular weight is 430 g/mol. The highest BCUT2D eigenvalue weighted by Gasteiger charge is 2.36. The van der Waals surface area contributed by atoms with Crippen LogP contribution in [0.25, 0.3) is 0 Å². The number of aromatic nitrogens is 1. The maximum absolute atomic E-state index is 13.3. The zero-order valence-electron chi connectivity index (χ0n) is 18.5. The molecule has 2 aromatic carbocycles. The van der Waals surface area contributed by atoms with E-state index < -0.39 is 0 Å². The first-order valence-electron chi connectivity index (χ1n) is 11.9. The Morgan fingerprint density at radius 3 is 2.25 bits per heavy atom. The minimum atomic E-state index is -0.105. The van der Waals surface area contributed by atoms with Crippen LogP contribution in [0.5, 0.6) is 0 Å². The third kappa shape index (κ3) is 4.35. The molecular weight excluding hydrogens is 398 g/mol. The molecule has 0 spiro atoms. The normalized spacial score (nSPS) is 22.5. The van der Waals surface area contributed by atoms with Crippen LogP contribution in [0.4, 0.5) is 5.69 Å². The maximum Gasteiger partial charge on any atom is 0.297 e. The summed E-state index contributed by atoms with van der Waals surface area (Å²) in [5.41, 5.74) is 2.40. The van der Waals surface area contributed by atoms with E-state index in [0.717, 1.165) is 31.6 Å². The fourth-order valence-electron chi connectivity index (χ4n) is 5.64. The quantitative estimate of drug-likeness (QED) is 0.536. The van der Waals surface area contributed by atoms with E-state index in [1.165, 1.54) is 37.4 Å². The van der Waals surface area contributed by atoms with E-state index in [9.17, 15) is 4.79 Å². The van der Waals surface area contributed by atoms with Crippen molar-refractivity contribution < 1.29 is 9.32 Å². The summed E-state index contributed by atoms with van der Waals surface area (Å²) < 4.78 is 5.22. The average Bonchev–Trinajstić information content (AvgIpc) is 3.41. The minimum Gasteiger partial charge on any atom is -0.351 e. The topological polar surface area (TPSA) is 49.6 Å². The van der Waals surface area contributed by atoms with E-state index in [2.05, 4.69) is 40.4 Å². The van der Waals surface area contributed by atoms with Crippen LogP contribution < -0.4 is 4.90 Å². The summed E-state index contributed by atoms with van der Waals surface area (Å²) in [7, 11) is 0. The maximum atomic E-state index is 13.3. The number of anilines is 1. The third-order valence-electron chi connectivity index (χ3n) is 7.19. The highest BCUT2D eigenvalue weighted by molar-refractivity contribution is 6.04. The van der Waals surface area contributed by atoms with E-state index in [-0.39, 0.29) is 11.9 Å². The van der Waals surface area contributed by atoms with Gasteiger partial charge in [-0.05, 0) is 49.3 Å². The number of para-hydroxylation sites is 1. The number of nitrogens with zero attached hydrogens (tertiary/aromatic N) is 3. The van der Waals surface area contributed by atoms with Crippen molar-refractivity contribution in [2.24, 2.45) is 0 Å². The Kier molecular flexibility index (Phi) is 6.35. The van der Waals surface area contributed by atoms with E-state index >= 15 is 0 Å². The Hall–Kier alpha value is -2.92. The van der Waals surface area contributed by atoms with Gasteiger partial charge in [-0.25, -0.2) is 0 Å². The molecular formula is C27H31N3O2. The zero-order valence-corrected chi connectivity index (χ0v) is 18.5. The first-order chi connectivity index (χ1) is 15.8. The monoisotopic (exact) mass is 429 g/mol. The number of hydrogen-bond acceptors (Lipinski definition) is 4. The first-order valence-corrected chi connectivity index (χ1v) is 11.9. The lowest BCUT2D eigenvalue weighted by Crippen LogP contribution is -2.51. The molecule has 5 rings (SSSR count). The van der Waals surface area contributed by atoms with Gasteiger partial charge in [0.05, 0.1) is 6.20 Å². The number of benzene rings is 2. The molecule has 32 heavy (non-hydrogen) atoms. The largest absolute Gasteiger partial charge is 0.351 e. The first kappa shape index (κ1) is 21.0. The minimum absolute atomic E-state index is 0.105. The number of amides is 1. The second-order valence-electron chi connectivity index (χ2n) is 9.02. The van der Waals surface area contributed by atoms with Crippen molar-refractivity contribution in [3.63, 3.8) is 0 Å². The number of piperidine rings is 1. The summed E-state index contributed by atoms with van der Waals surface area (Å²) in [6, 6.07) is 23.4. The molecule has 0 unspecified atom stereocenters. The van der Waals surface area contributed by atoms with Crippen molar-refractivity contribution in [3.8, 4) is 0 Å². The van der Waals surface area contributed by atoms with Gasteiger partial charge in [-0.1, -0.05) is 66.5 Å². The molecule has 1 saturated heterocycles. The Morgan fingerprint density at radius 1 is 0.875 bits per heavy atom. The van der Waals surface area contributed by atoms with Crippen LogP contribution in [0.3, 0.4) is 0 Å². The molecule has 5 heteroatoms. The molecule has 2 fully saturated rings. The predicted octanol–water partition coefficient (Wildman–Crippen LogP) is 5.51. The SMILES string of the molecule is O=C(c1ccno1)N(c1ccccc1)C1CCN([C@@H]2CCCC[C@@H]2c2ccccc2)CC1. The summed E-state index contributed by atoms with van der Waals surface area (Å²) in [6.07, 6.45) is 8.64. The molecule has 1 amide bonds. The molecule has 1 aromatic heterocycles. The molecule has 1 aliphatic heterocycles. The number of likely N-dealkylation sites (tertiary alicyclic amines) is 1. The molecule has 1 aliphatic carbocycles. The van der Waals surface area contributed by atoms with E-state index in [1.807, 2.05) is 35.2 Å². The lowest BCUT2D eigenvalue weighted by molar-refractivity contribution is 0.0868. The van der Waals surface area contributed by atoms with Crippen molar-refractivity contribution in [1.29, 1.82) is 0 Å². The summed E-state index contributed by atoms with van der Waals surface area (Å²) in [4.78, 5) is 17.9. The highest BCUT2D eigenvalue weighted by Crippen LogP contribution is 2.38. The van der Waals surface area contributed by atoms with Gasteiger partial charge in [-0.3, -0.25) is 9.69 Å². The standard InChI is InChI=1S/C27H31N3O2/c31-27(26-15-18-28-32-26)30(22-11-5-2-6-12-22)23-16-19-29(20-17-23)25-14-8-7-13-24(25)21-9-3-1-4-10-21/h1-6,9-12,15,18,23-25H,7-8,13-14,16-17,19-20H2/t24-,25-/m1/s1. The zero-order chi connectivity index (χ0) is 21.8. The van der Waals surface area contributed by atoms with E-state index in [1.54, 1.807) is 6.07 Å². The fourth-order valence-corrected chi connectivity index (χ4v) is 5.64. The Labute approximate surface area is 190 Å². The van der Waals surface area contributed by atoms with Crippen LogP contribution >= 0.6 is 0 Å².